The van der Waals surface area contributed by atoms with Crippen molar-refractivity contribution in [2.75, 3.05) is 12.4 Å². The third-order valence-electron chi connectivity index (χ3n) is 3.91. The third kappa shape index (κ3) is 2.29. The molecule has 1 aromatic carbocycles. The summed E-state index contributed by atoms with van der Waals surface area (Å²) in [6, 6.07) is 5.93. The van der Waals surface area contributed by atoms with E-state index in [1.807, 2.05) is 42.6 Å². The molecule has 3 rings (SSSR count). The highest BCUT2D eigenvalue weighted by Crippen LogP contribution is 2.35. The number of fused-ring (bicyclic) bond motifs is 1. The van der Waals surface area contributed by atoms with E-state index in [1.54, 1.807) is 13.3 Å². The molecule has 0 aliphatic rings. The first kappa shape index (κ1) is 14.7. The molecule has 0 unspecified atom stereocenters. The standard InChI is InChI=1S/C17H18ClN3O/c1-10-5-6-14(22-4)12(3)15(10)20-16-13(18)9-11(2)21-8-7-19-17(16)21/h5-9,20H,1-4H3. The van der Waals surface area contributed by atoms with Crippen LogP contribution in [0, 0.1) is 20.8 Å². The highest BCUT2D eigenvalue weighted by molar-refractivity contribution is 6.34. The van der Waals surface area contributed by atoms with Gasteiger partial charge < -0.3 is 14.5 Å². The molecular formula is C17H18ClN3O. The number of aromatic nitrogens is 2. The van der Waals surface area contributed by atoms with Crippen molar-refractivity contribution in [1.82, 2.24) is 9.38 Å². The minimum atomic E-state index is 0.651. The molecule has 0 saturated heterocycles. The van der Waals surface area contributed by atoms with Crippen LogP contribution in [-0.2, 0) is 0 Å². The summed E-state index contributed by atoms with van der Waals surface area (Å²) in [5, 5.41) is 4.10. The summed E-state index contributed by atoms with van der Waals surface area (Å²) >= 11 is 6.45. The molecule has 0 spiro atoms. The number of nitrogens with one attached hydrogen (secondary N) is 1. The molecular weight excluding hydrogens is 298 g/mol. The van der Waals surface area contributed by atoms with Gasteiger partial charge in [-0.25, -0.2) is 4.98 Å². The Morgan fingerprint density at radius 2 is 1.95 bits per heavy atom. The zero-order valence-electron chi connectivity index (χ0n) is 13.1. The molecule has 114 valence electrons. The summed E-state index contributed by atoms with van der Waals surface area (Å²) in [5.41, 5.74) is 5.82. The van der Waals surface area contributed by atoms with E-state index >= 15 is 0 Å². The Kier molecular flexibility index (Phi) is 3.71. The molecule has 0 aliphatic carbocycles. The topological polar surface area (TPSA) is 38.6 Å². The number of ether oxygens (including phenoxy) is 1. The van der Waals surface area contributed by atoms with Gasteiger partial charge >= 0.3 is 0 Å². The first-order chi connectivity index (χ1) is 10.5. The fourth-order valence-electron chi connectivity index (χ4n) is 2.69. The average molecular weight is 316 g/mol. The van der Waals surface area contributed by atoms with E-state index < -0.39 is 0 Å². The van der Waals surface area contributed by atoms with Gasteiger partial charge in [0.15, 0.2) is 5.65 Å². The first-order valence-corrected chi connectivity index (χ1v) is 7.44. The van der Waals surface area contributed by atoms with E-state index in [-0.39, 0.29) is 0 Å². The minimum Gasteiger partial charge on any atom is -0.496 e. The maximum absolute atomic E-state index is 6.45. The Labute approximate surface area is 134 Å². The van der Waals surface area contributed by atoms with Gasteiger partial charge in [-0.1, -0.05) is 17.7 Å². The van der Waals surface area contributed by atoms with Crippen LogP contribution in [0.4, 0.5) is 11.4 Å². The maximum Gasteiger partial charge on any atom is 0.162 e. The van der Waals surface area contributed by atoms with Crippen LogP contribution < -0.4 is 10.1 Å². The number of hydrogen-bond donors (Lipinski definition) is 1. The highest BCUT2D eigenvalue weighted by atomic mass is 35.5. The number of imidazole rings is 1. The van der Waals surface area contributed by atoms with Crippen molar-refractivity contribution in [1.29, 1.82) is 0 Å². The predicted octanol–water partition coefficient (Wildman–Crippen LogP) is 4.67. The monoisotopic (exact) mass is 315 g/mol. The molecule has 3 aromatic rings. The Hall–Kier alpha value is -2.20. The van der Waals surface area contributed by atoms with Gasteiger partial charge in [-0.3, -0.25) is 0 Å². The number of halogens is 1. The van der Waals surface area contributed by atoms with E-state index in [9.17, 15) is 0 Å². The van der Waals surface area contributed by atoms with Crippen molar-refractivity contribution >= 4 is 28.6 Å². The molecule has 5 heteroatoms. The Morgan fingerprint density at radius 3 is 2.68 bits per heavy atom. The van der Waals surface area contributed by atoms with Crippen molar-refractivity contribution < 1.29 is 4.74 Å². The lowest BCUT2D eigenvalue weighted by atomic mass is 10.1. The summed E-state index contributed by atoms with van der Waals surface area (Å²) in [6.45, 7) is 6.09. The van der Waals surface area contributed by atoms with E-state index in [0.29, 0.717) is 5.02 Å². The predicted molar refractivity (Wildman–Crippen MR) is 90.7 cm³/mol. The van der Waals surface area contributed by atoms with Gasteiger partial charge in [0, 0.05) is 29.3 Å². The second-order valence-corrected chi connectivity index (χ2v) is 5.75. The molecule has 0 amide bonds. The van der Waals surface area contributed by atoms with Gasteiger partial charge in [0.1, 0.15) is 11.4 Å². The molecule has 0 saturated carbocycles. The number of nitrogens with zero attached hydrogens (tertiary/aromatic N) is 2. The first-order valence-electron chi connectivity index (χ1n) is 7.06. The normalized spacial score (nSPS) is 11.0. The van der Waals surface area contributed by atoms with E-state index in [2.05, 4.69) is 17.2 Å². The fourth-order valence-corrected chi connectivity index (χ4v) is 2.98. The lowest BCUT2D eigenvalue weighted by Crippen LogP contribution is -2.02. The zero-order valence-corrected chi connectivity index (χ0v) is 13.8. The number of rotatable bonds is 3. The number of aryl methyl sites for hydroxylation is 2. The number of hydrogen-bond acceptors (Lipinski definition) is 3. The second kappa shape index (κ2) is 5.54. The van der Waals surface area contributed by atoms with Crippen LogP contribution in [0.3, 0.4) is 0 Å². The molecule has 2 heterocycles. The third-order valence-corrected chi connectivity index (χ3v) is 4.21. The van der Waals surface area contributed by atoms with E-state index in [4.69, 9.17) is 16.3 Å². The second-order valence-electron chi connectivity index (χ2n) is 5.34. The lowest BCUT2D eigenvalue weighted by molar-refractivity contribution is 0.412. The molecule has 22 heavy (non-hydrogen) atoms. The summed E-state index contributed by atoms with van der Waals surface area (Å²) in [6.07, 6.45) is 3.70. The largest absolute Gasteiger partial charge is 0.496 e. The van der Waals surface area contributed by atoms with Crippen LogP contribution >= 0.6 is 11.6 Å². The molecule has 0 atom stereocenters. The van der Waals surface area contributed by atoms with Crippen LogP contribution in [-0.4, -0.2) is 16.5 Å². The molecule has 1 N–H and O–H groups in total. The highest BCUT2D eigenvalue weighted by Gasteiger charge is 2.14. The van der Waals surface area contributed by atoms with Crippen molar-refractivity contribution in [2.45, 2.75) is 20.8 Å². The van der Waals surface area contributed by atoms with Crippen molar-refractivity contribution in [2.24, 2.45) is 0 Å². The van der Waals surface area contributed by atoms with Crippen LogP contribution in [0.1, 0.15) is 16.8 Å². The van der Waals surface area contributed by atoms with Crippen molar-refractivity contribution in [3.05, 3.63) is 52.4 Å². The van der Waals surface area contributed by atoms with Crippen molar-refractivity contribution in [3.63, 3.8) is 0 Å². The van der Waals surface area contributed by atoms with Gasteiger partial charge in [-0.15, -0.1) is 0 Å². The lowest BCUT2D eigenvalue weighted by Gasteiger charge is -2.17. The molecule has 2 aromatic heterocycles. The summed E-state index contributed by atoms with van der Waals surface area (Å²) in [4.78, 5) is 4.42. The molecule has 0 radical (unpaired) electrons. The summed E-state index contributed by atoms with van der Waals surface area (Å²) < 4.78 is 7.42. The Balaban J connectivity index is 2.17. The van der Waals surface area contributed by atoms with Crippen LogP contribution in [0.5, 0.6) is 5.75 Å². The van der Waals surface area contributed by atoms with Crippen LogP contribution in [0.25, 0.3) is 5.65 Å². The minimum absolute atomic E-state index is 0.651. The summed E-state index contributed by atoms with van der Waals surface area (Å²) in [7, 11) is 1.67. The molecule has 0 aliphatic heterocycles. The zero-order chi connectivity index (χ0) is 15.9. The SMILES string of the molecule is COc1ccc(C)c(Nc2c(Cl)cc(C)n3ccnc23)c1C. The van der Waals surface area contributed by atoms with Crippen LogP contribution in [0.2, 0.25) is 5.02 Å². The maximum atomic E-state index is 6.45. The Morgan fingerprint density at radius 1 is 1.18 bits per heavy atom. The van der Waals surface area contributed by atoms with Crippen LogP contribution in [0.15, 0.2) is 30.6 Å². The van der Waals surface area contributed by atoms with Gasteiger partial charge in [-0.2, -0.15) is 0 Å². The number of anilines is 2. The quantitative estimate of drug-likeness (QED) is 0.763. The number of pyridine rings is 1. The van der Waals surface area contributed by atoms with E-state index in [0.717, 1.165) is 39.6 Å². The fraction of sp³-hybridized carbons (Fsp3) is 0.235. The number of methoxy groups -OCH3 is 1. The smallest absolute Gasteiger partial charge is 0.162 e. The van der Waals surface area contributed by atoms with Crippen molar-refractivity contribution in [3.8, 4) is 5.75 Å². The molecule has 0 bridgehead atoms. The van der Waals surface area contributed by atoms with Gasteiger partial charge in [0.2, 0.25) is 0 Å². The van der Waals surface area contributed by atoms with E-state index in [1.165, 1.54) is 0 Å². The van der Waals surface area contributed by atoms with Gasteiger partial charge in [0.25, 0.3) is 0 Å². The average Bonchev–Trinajstić information content (AvgIpc) is 2.96. The summed E-state index contributed by atoms with van der Waals surface area (Å²) in [5.74, 6) is 0.843. The Bertz CT molecular complexity index is 855. The van der Waals surface area contributed by atoms with Gasteiger partial charge in [-0.05, 0) is 38.5 Å². The molecule has 0 fully saturated rings. The van der Waals surface area contributed by atoms with Gasteiger partial charge in [0.05, 0.1) is 12.1 Å². The molecule has 4 nitrogen and oxygen atoms in total. The number of benzene rings is 1.